The number of amides is 2. The second kappa shape index (κ2) is 7.24. The smallest absolute Gasteiger partial charge is 0.319 e. The van der Waals surface area contributed by atoms with E-state index in [2.05, 4.69) is 50.6 Å². The van der Waals surface area contributed by atoms with Gasteiger partial charge in [0.05, 0.1) is 24.0 Å². The standard InChI is InChI=1S/C21H24N8O2/c1-11(2)28-10-13(12-5-4-6-23-19(12)28)14-8-18(22-3)29-20(25-14)16(9-24-29)27-21(31)26-15-7-17(15)30/h4-6,8-11,15,17,22,30H,7H2,1-3H3,(H2,26,27,31). The van der Waals surface area contributed by atoms with E-state index in [0.717, 1.165) is 28.1 Å². The maximum atomic E-state index is 12.3. The molecule has 10 heteroatoms. The van der Waals surface area contributed by atoms with Crippen molar-refractivity contribution in [2.45, 2.75) is 38.5 Å². The molecule has 31 heavy (non-hydrogen) atoms. The molecule has 4 aromatic rings. The summed E-state index contributed by atoms with van der Waals surface area (Å²) in [5.41, 5.74) is 3.60. The van der Waals surface area contributed by atoms with E-state index in [1.807, 2.05) is 25.2 Å². The van der Waals surface area contributed by atoms with E-state index in [1.54, 1.807) is 16.9 Å². The van der Waals surface area contributed by atoms with Crippen molar-refractivity contribution in [1.29, 1.82) is 0 Å². The second-order valence-corrected chi connectivity index (χ2v) is 8.00. The minimum atomic E-state index is -0.470. The number of anilines is 2. The van der Waals surface area contributed by atoms with E-state index >= 15 is 0 Å². The van der Waals surface area contributed by atoms with Crippen LogP contribution in [0.2, 0.25) is 0 Å². The fourth-order valence-corrected chi connectivity index (χ4v) is 3.71. The minimum absolute atomic E-state index is 0.201. The predicted octanol–water partition coefficient (Wildman–Crippen LogP) is 2.62. The lowest BCUT2D eigenvalue weighted by atomic mass is 10.1. The summed E-state index contributed by atoms with van der Waals surface area (Å²) >= 11 is 0. The number of aromatic nitrogens is 5. The number of urea groups is 1. The Kier molecular flexibility index (Phi) is 4.51. The molecule has 2 amide bonds. The van der Waals surface area contributed by atoms with E-state index in [-0.39, 0.29) is 12.1 Å². The molecule has 4 heterocycles. The molecule has 2 atom stereocenters. The molecule has 0 bridgehead atoms. The van der Waals surface area contributed by atoms with Crippen LogP contribution in [0.15, 0.2) is 36.8 Å². The molecule has 0 aromatic carbocycles. The molecule has 1 saturated carbocycles. The highest BCUT2D eigenvalue weighted by atomic mass is 16.3. The van der Waals surface area contributed by atoms with Crippen LogP contribution in [0.3, 0.4) is 0 Å². The zero-order valence-electron chi connectivity index (χ0n) is 17.5. The zero-order chi connectivity index (χ0) is 21.7. The van der Waals surface area contributed by atoms with E-state index in [4.69, 9.17) is 4.98 Å². The molecule has 0 aliphatic heterocycles. The first-order valence-corrected chi connectivity index (χ1v) is 10.2. The molecular weight excluding hydrogens is 396 g/mol. The van der Waals surface area contributed by atoms with Crippen LogP contribution in [0.5, 0.6) is 0 Å². The molecule has 4 N–H and O–H groups in total. The first-order valence-electron chi connectivity index (χ1n) is 10.2. The third kappa shape index (κ3) is 3.34. The second-order valence-electron chi connectivity index (χ2n) is 8.00. The van der Waals surface area contributed by atoms with Crippen LogP contribution in [0.1, 0.15) is 26.3 Å². The van der Waals surface area contributed by atoms with Gasteiger partial charge in [0.1, 0.15) is 17.2 Å². The molecule has 1 aliphatic rings. The Hall–Kier alpha value is -3.66. The zero-order valence-corrected chi connectivity index (χ0v) is 17.5. The third-order valence-electron chi connectivity index (χ3n) is 5.47. The number of carbonyl (C=O) groups is 1. The Labute approximate surface area is 178 Å². The lowest BCUT2D eigenvalue weighted by Gasteiger charge is -2.09. The molecule has 1 fully saturated rings. The van der Waals surface area contributed by atoms with Crippen LogP contribution in [-0.2, 0) is 0 Å². The first-order chi connectivity index (χ1) is 15.0. The van der Waals surface area contributed by atoms with Crippen LogP contribution in [0.4, 0.5) is 16.3 Å². The van der Waals surface area contributed by atoms with Gasteiger partial charge in [-0.25, -0.2) is 14.8 Å². The van der Waals surface area contributed by atoms with Crippen LogP contribution in [0.25, 0.3) is 27.9 Å². The van der Waals surface area contributed by atoms with Crippen molar-refractivity contribution < 1.29 is 9.90 Å². The quantitative estimate of drug-likeness (QED) is 0.394. The van der Waals surface area contributed by atoms with Gasteiger partial charge in [0.2, 0.25) is 0 Å². The largest absolute Gasteiger partial charge is 0.391 e. The molecule has 160 valence electrons. The Morgan fingerprint density at radius 3 is 2.84 bits per heavy atom. The van der Waals surface area contributed by atoms with Gasteiger partial charge in [-0.05, 0) is 32.4 Å². The number of aliphatic hydroxyl groups is 1. The molecule has 10 nitrogen and oxygen atoms in total. The van der Waals surface area contributed by atoms with Crippen molar-refractivity contribution in [1.82, 2.24) is 29.5 Å². The Morgan fingerprint density at radius 2 is 2.13 bits per heavy atom. The van der Waals surface area contributed by atoms with E-state index < -0.39 is 12.1 Å². The normalized spacial score (nSPS) is 18.0. The summed E-state index contributed by atoms with van der Waals surface area (Å²) in [4.78, 5) is 21.7. The average molecular weight is 420 g/mol. The summed E-state index contributed by atoms with van der Waals surface area (Å²) < 4.78 is 3.77. The molecule has 0 radical (unpaired) electrons. The van der Waals surface area contributed by atoms with Gasteiger partial charge in [-0.15, -0.1) is 0 Å². The van der Waals surface area contributed by atoms with Crippen molar-refractivity contribution in [3.8, 4) is 11.3 Å². The minimum Gasteiger partial charge on any atom is -0.391 e. The number of carbonyl (C=O) groups excluding carboxylic acids is 1. The van der Waals surface area contributed by atoms with Crippen molar-refractivity contribution in [2.75, 3.05) is 17.7 Å². The van der Waals surface area contributed by atoms with Crippen LogP contribution in [0, 0.1) is 0 Å². The van der Waals surface area contributed by atoms with Gasteiger partial charge in [-0.1, -0.05) is 0 Å². The summed E-state index contributed by atoms with van der Waals surface area (Å²) in [6.45, 7) is 4.23. The van der Waals surface area contributed by atoms with E-state index in [0.29, 0.717) is 17.8 Å². The number of pyridine rings is 1. The number of fused-ring (bicyclic) bond motifs is 2. The van der Waals surface area contributed by atoms with E-state index in [1.165, 1.54) is 0 Å². The van der Waals surface area contributed by atoms with Crippen LogP contribution >= 0.6 is 0 Å². The molecule has 5 rings (SSSR count). The van der Waals surface area contributed by atoms with Crippen LogP contribution < -0.4 is 16.0 Å². The monoisotopic (exact) mass is 420 g/mol. The average Bonchev–Trinajstić information content (AvgIpc) is 3.14. The van der Waals surface area contributed by atoms with Gasteiger partial charge in [-0.2, -0.15) is 9.61 Å². The Morgan fingerprint density at radius 1 is 1.32 bits per heavy atom. The molecule has 0 saturated heterocycles. The highest BCUT2D eigenvalue weighted by molar-refractivity contribution is 5.96. The first kappa shape index (κ1) is 19.3. The SMILES string of the molecule is CNc1cc(-c2cn(C(C)C)c3ncccc23)nc2c(NC(=O)NC3CC3O)cnn12. The fraction of sp³-hybridized carbons (Fsp3) is 0.333. The number of nitrogens with zero attached hydrogens (tertiary/aromatic N) is 5. The van der Waals surface area contributed by atoms with E-state index in [9.17, 15) is 9.90 Å². The Bertz CT molecular complexity index is 1290. The lowest BCUT2D eigenvalue weighted by Crippen LogP contribution is -2.32. The highest BCUT2D eigenvalue weighted by Gasteiger charge is 2.36. The van der Waals surface area contributed by atoms with Crippen LogP contribution in [-0.4, -0.2) is 54.5 Å². The van der Waals surface area contributed by atoms with Gasteiger partial charge >= 0.3 is 6.03 Å². The summed E-state index contributed by atoms with van der Waals surface area (Å²) in [6.07, 6.45) is 5.51. The van der Waals surface area contributed by atoms with Crippen molar-refractivity contribution in [3.63, 3.8) is 0 Å². The summed E-state index contributed by atoms with van der Waals surface area (Å²) in [5.74, 6) is 0.736. The number of nitrogens with one attached hydrogen (secondary N) is 3. The number of hydrogen-bond donors (Lipinski definition) is 4. The molecular formula is C21H24N8O2. The fourth-order valence-electron chi connectivity index (χ4n) is 3.71. The van der Waals surface area contributed by atoms with Crippen molar-refractivity contribution in [3.05, 3.63) is 36.8 Å². The van der Waals surface area contributed by atoms with Gasteiger partial charge in [0.15, 0.2) is 5.65 Å². The molecule has 4 aromatic heterocycles. The van der Waals surface area contributed by atoms with Crippen molar-refractivity contribution >= 4 is 34.2 Å². The molecule has 2 unspecified atom stereocenters. The van der Waals surface area contributed by atoms with Gasteiger partial charge < -0.3 is 25.6 Å². The molecule has 0 spiro atoms. The topological polar surface area (TPSA) is 121 Å². The summed E-state index contributed by atoms with van der Waals surface area (Å²) in [7, 11) is 1.81. The number of aliphatic hydroxyl groups excluding tert-OH is 1. The number of rotatable bonds is 5. The highest BCUT2D eigenvalue weighted by Crippen LogP contribution is 2.33. The molecule has 1 aliphatic carbocycles. The maximum Gasteiger partial charge on any atom is 0.319 e. The third-order valence-corrected chi connectivity index (χ3v) is 5.47. The summed E-state index contributed by atoms with van der Waals surface area (Å²) in [5, 5.41) is 23.5. The summed E-state index contributed by atoms with van der Waals surface area (Å²) in [6, 6.07) is 5.52. The Balaban J connectivity index is 1.60. The van der Waals surface area contributed by atoms with Crippen molar-refractivity contribution in [2.24, 2.45) is 0 Å². The predicted molar refractivity (Wildman–Crippen MR) is 118 cm³/mol. The number of hydrogen-bond acceptors (Lipinski definition) is 6. The van der Waals surface area contributed by atoms with Gasteiger partial charge in [0.25, 0.3) is 0 Å². The van der Waals surface area contributed by atoms with Gasteiger partial charge in [-0.3, -0.25) is 0 Å². The van der Waals surface area contributed by atoms with Gasteiger partial charge in [0, 0.05) is 42.5 Å². The lowest BCUT2D eigenvalue weighted by molar-refractivity contribution is 0.241. The maximum absolute atomic E-state index is 12.3.